The molecule has 30 heavy (non-hydrogen) atoms. The van der Waals surface area contributed by atoms with Gasteiger partial charge in [0.05, 0.1) is 20.1 Å². The van der Waals surface area contributed by atoms with Crippen LogP contribution in [0.15, 0.2) is 60.7 Å². The molecule has 0 aliphatic rings. The van der Waals surface area contributed by atoms with Crippen LogP contribution in [0.5, 0.6) is 0 Å². The van der Waals surface area contributed by atoms with Crippen LogP contribution in [-0.2, 0) is 23.5 Å². The van der Waals surface area contributed by atoms with Gasteiger partial charge in [-0.15, -0.1) is 0 Å². The first kappa shape index (κ1) is 23.8. The summed E-state index contributed by atoms with van der Waals surface area (Å²) >= 11 is 0. The molecule has 2 aromatic carbocycles. The van der Waals surface area contributed by atoms with Crippen LogP contribution < -0.4 is 10.4 Å². The highest BCUT2D eigenvalue weighted by Crippen LogP contribution is 2.38. The zero-order valence-electron chi connectivity index (χ0n) is 18.7. The molecule has 2 atom stereocenters. The molecule has 2 rings (SSSR count). The summed E-state index contributed by atoms with van der Waals surface area (Å²) in [5.74, 6) is -1.81. The lowest BCUT2D eigenvalue weighted by Crippen LogP contribution is -2.69. The minimum atomic E-state index is -3.04. The molecule has 0 aliphatic carbocycles. The van der Waals surface area contributed by atoms with Crippen LogP contribution in [0.3, 0.4) is 0 Å². The number of hydrogen-bond donors (Lipinski definition) is 0. The first-order valence-corrected chi connectivity index (χ1v) is 12.1. The molecule has 0 unspecified atom stereocenters. The fraction of sp³-hybridized carbons (Fsp3) is 0.417. The predicted molar refractivity (Wildman–Crippen MR) is 120 cm³/mol. The van der Waals surface area contributed by atoms with Gasteiger partial charge < -0.3 is 13.9 Å². The third-order valence-electron chi connectivity index (χ3n) is 5.46. The van der Waals surface area contributed by atoms with Crippen molar-refractivity contribution in [3.8, 4) is 0 Å². The molecule has 0 fully saturated rings. The summed E-state index contributed by atoms with van der Waals surface area (Å²) in [5.41, 5.74) is 0. The Morgan fingerprint density at radius 2 is 1.27 bits per heavy atom. The van der Waals surface area contributed by atoms with Gasteiger partial charge >= 0.3 is 11.9 Å². The van der Waals surface area contributed by atoms with E-state index in [2.05, 4.69) is 20.8 Å². The maximum Gasteiger partial charge on any atom is 0.334 e. The molecule has 6 heteroatoms. The summed E-state index contributed by atoms with van der Waals surface area (Å²) in [6.45, 7) is 8.19. The third kappa shape index (κ3) is 4.65. The molecule has 0 heterocycles. The smallest absolute Gasteiger partial charge is 0.334 e. The van der Waals surface area contributed by atoms with Gasteiger partial charge in [-0.3, -0.25) is 4.79 Å². The van der Waals surface area contributed by atoms with Gasteiger partial charge in [0.25, 0.3) is 8.32 Å². The Kier molecular flexibility index (Phi) is 7.98. The molecular weight excluding hydrogens is 396 g/mol. The summed E-state index contributed by atoms with van der Waals surface area (Å²) in [6, 6.07) is 20.0. The molecule has 0 aromatic heterocycles. The highest BCUT2D eigenvalue weighted by atomic mass is 28.4. The topological polar surface area (TPSA) is 61.8 Å². The van der Waals surface area contributed by atoms with E-state index in [0.717, 1.165) is 10.4 Å². The number of carbonyl (C=O) groups excluding carboxylic acids is 2. The molecule has 0 amide bonds. The molecule has 0 saturated carbocycles. The molecule has 0 spiro atoms. The Labute approximate surface area is 180 Å². The van der Waals surface area contributed by atoms with Crippen molar-refractivity contribution in [1.29, 1.82) is 0 Å². The van der Waals surface area contributed by atoms with Crippen LogP contribution >= 0.6 is 0 Å². The number of methoxy groups -OCH3 is 2. The van der Waals surface area contributed by atoms with Gasteiger partial charge in [-0.25, -0.2) is 4.79 Å². The van der Waals surface area contributed by atoms with Gasteiger partial charge in [0, 0.05) is 0 Å². The first-order chi connectivity index (χ1) is 14.2. The van der Waals surface area contributed by atoms with Crippen LogP contribution in [0.1, 0.15) is 34.1 Å². The zero-order valence-corrected chi connectivity index (χ0v) is 19.7. The Balaban J connectivity index is 2.77. The Hall–Kier alpha value is -2.44. The van der Waals surface area contributed by atoms with Crippen molar-refractivity contribution in [3.05, 3.63) is 60.7 Å². The predicted octanol–water partition coefficient (Wildman–Crippen LogP) is 3.30. The molecule has 162 valence electrons. The number of ether oxygens (including phenoxy) is 2. The number of rotatable bonds is 8. The summed E-state index contributed by atoms with van der Waals surface area (Å²) in [5, 5.41) is 1.71. The Morgan fingerprint density at radius 3 is 1.60 bits per heavy atom. The minimum Gasteiger partial charge on any atom is -0.469 e. The van der Waals surface area contributed by atoms with E-state index >= 15 is 0 Å². The second-order valence-corrected chi connectivity index (χ2v) is 12.5. The zero-order chi connectivity index (χ0) is 22.4. The van der Waals surface area contributed by atoms with Crippen LogP contribution in [-0.4, -0.2) is 40.6 Å². The fourth-order valence-electron chi connectivity index (χ4n) is 3.95. The summed E-state index contributed by atoms with van der Waals surface area (Å²) in [7, 11) is -0.403. The lowest BCUT2D eigenvalue weighted by molar-refractivity contribution is -0.162. The fourth-order valence-corrected chi connectivity index (χ4v) is 8.60. The van der Waals surface area contributed by atoms with Crippen molar-refractivity contribution in [2.45, 2.75) is 45.3 Å². The number of benzene rings is 2. The van der Waals surface area contributed by atoms with Gasteiger partial charge in [0.1, 0.15) is 0 Å². The van der Waals surface area contributed by atoms with E-state index in [1.54, 1.807) is 0 Å². The quantitative estimate of drug-likeness (QED) is 0.477. The minimum absolute atomic E-state index is 0.337. The maximum atomic E-state index is 12.9. The number of carbonyl (C=O) groups is 2. The molecule has 0 N–H and O–H groups in total. The van der Waals surface area contributed by atoms with Crippen molar-refractivity contribution in [2.75, 3.05) is 14.2 Å². The largest absolute Gasteiger partial charge is 0.469 e. The molecule has 0 saturated heterocycles. The Morgan fingerprint density at radius 1 is 0.833 bits per heavy atom. The normalized spacial score (nSPS) is 13.9. The summed E-state index contributed by atoms with van der Waals surface area (Å²) < 4.78 is 16.9. The van der Waals surface area contributed by atoms with E-state index in [0.29, 0.717) is 6.42 Å². The van der Waals surface area contributed by atoms with Gasteiger partial charge in [-0.1, -0.05) is 88.4 Å². The molecular formula is C24H32O5Si. The number of hydrogen-bond acceptors (Lipinski definition) is 5. The highest BCUT2D eigenvalue weighted by Gasteiger charge is 2.54. The summed E-state index contributed by atoms with van der Waals surface area (Å²) in [4.78, 5) is 25.4. The van der Waals surface area contributed by atoms with Crippen molar-refractivity contribution < 1.29 is 23.5 Å². The standard InChI is InChI=1S/C24H32O5Si/c1-7-20(22(25)27-5)21(23(26)28-6)29-30(24(2,3)4,18-14-10-8-11-15-18)19-16-12-9-13-17-19/h8-17,20-21H,7H2,1-6H3/t20-,21-/m1/s1. The molecule has 5 nitrogen and oxygen atoms in total. The monoisotopic (exact) mass is 428 g/mol. The van der Waals surface area contributed by atoms with Gasteiger partial charge in [-0.2, -0.15) is 0 Å². The van der Waals surface area contributed by atoms with E-state index in [4.69, 9.17) is 13.9 Å². The van der Waals surface area contributed by atoms with Crippen LogP contribution in [0.4, 0.5) is 0 Å². The second kappa shape index (κ2) is 10.0. The van der Waals surface area contributed by atoms with E-state index in [-0.39, 0.29) is 5.04 Å². The van der Waals surface area contributed by atoms with Gasteiger partial charge in [-0.05, 0) is 21.8 Å². The van der Waals surface area contributed by atoms with Crippen molar-refractivity contribution in [1.82, 2.24) is 0 Å². The molecule has 0 radical (unpaired) electrons. The molecule has 2 aromatic rings. The van der Waals surface area contributed by atoms with E-state index < -0.39 is 32.3 Å². The van der Waals surface area contributed by atoms with Crippen LogP contribution in [0.2, 0.25) is 5.04 Å². The maximum absolute atomic E-state index is 12.9. The lowest BCUT2D eigenvalue weighted by atomic mass is 10.00. The first-order valence-electron chi connectivity index (χ1n) is 10.2. The average molecular weight is 429 g/mol. The Bertz CT molecular complexity index is 790. The average Bonchev–Trinajstić information content (AvgIpc) is 2.76. The molecule has 0 aliphatic heterocycles. The van der Waals surface area contributed by atoms with E-state index in [1.165, 1.54) is 14.2 Å². The number of esters is 2. The third-order valence-corrected chi connectivity index (χ3v) is 10.5. The van der Waals surface area contributed by atoms with Gasteiger partial charge in [0.2, 0.25) is 0 Å². The highest BCUT2D eigenvalue weighted by molar-refractivity contribution is 6.99. The van der Waals surface area contributed by atoms with Gasteiger partial charge in [0.15, 0.2) is 6.10 Å². The van der Waals surface area contributed by atoms with Crippen molar-refractivity contribution in [2.24, 2.45) is 5.92 Å². The molecule has 0 bridgehead atoms. The van der Waals surface area contributed by atoms with Crippen molar-refractivity contribution >= 4 is 30.6 Å². The lowest BCUT2D eigenvalue weighted by Gasteiger charge is -2.45. The van der Waals surface area contributed by atoms with Crippen LogP contribution in [0, 0.1) is 5.92 Å². The SMILES string of the molecule is CC[C@@H](C(=O)OC)[C@@H](O[Si](c1ccccc1)(c1ccccc1)C(C)(C)C)C(=O)OC. The summed E-state index contributed by atoms with van der Waals surface area (Å²) in [6.07, 6.45) is -0.677. The van der Waals surface area contributed by atoms with E-state index in [1.807, 2.05) is 67.6 Å². The van der Waals surface area contributed by atoms with E-state index in [9.17, 15) is 9.59 Å². The second-order valence-electron chi connectivity index (χ2n) is 8.26. The van der Waals surface area contributed by atoms with Crippen molar-refractivity contribution in [3.63, 3.8) is 0 Å². The van der Waals surface area contributed by atoms with Crippen LogP contribution in [0.25, 0.3) is 0 Å².